The quantitative estimate of drug-likeness (QED) is 0.259. The van der Waals surface area contributed by atoms with Crippen molar-refractivity contribution in [3.05, 3.63) is 48.0 Å². The van der Waals surface area contributed by atoms with Crippen LogP contribution in [0.3, 0.4) is 0 Å². The summed E-state index contributed by atoms with van der Waals surface area (Å²) in [4.78, 5) is 13.2. The first-order chi connectivity index (χ1) is 13.8. The number of carbonyl (C=O) groups is 1. The Labute approximate surface area is 171 Å². The number of nitrogens with two attached hydrogens (primary N) is 1. The molecule has 0 fully saturated rings. The fourth-order valence-corrected chi connectivity index (χ4v) is 2.71. The zero-order valence-corrected chi connectivity index (χ0v) is 16.2. The Morgan fingerprint density at radius 3 is 2.45 bits per heavy atom. The molecule has 0 aliphatic heterocycles. The molecule has 154 valence electrons. The molecule has 7 nitrogen and oxygen atoms in total. The van der Waals surface area contributed by atoms with Crippen molar-refractivity contribution in [3.8, 4) is 11.5 Å². The van der Waals surface area contributed by atoms with Crippen LogP contribution in [0.5, 0.6) is 11.5 Å². The second-order valence-corrected chi connectivity index (χ2v) is 6.15. The summed E-state index contributed by atoms with van der Waals surface area (Å²) in [6.07, 6.45) is 1.31. The van der Waals surface area contributed by atoms with Gasteiger partial charge in [-0.2, -0.15) is 13.9 Å². The summed E-state index contributed by atoms with van der Waals surface area (Å²) < 4.78 is 35.2. The highest BCUT2D eigenvalue weighted by Crippen LogP contribution is 2.35. The van der Waals surface area contributed by atoms with Crippen LogP contribution in [0.4, 0.5) is 20.2 Å². The number of ether oxygens (including phenoxy) is 2. The predicted molar refractivity (Wildman–Crippen MR) is 110 cm³/mol. The lowest BCUT2D eigenvalue weighted by Crippen LogP contribution is -2.25. The number of benzene rings is 2. The third-order valence-electron chi connectivity index (χ3n) is 3.71. The number of alkyl halides is 2. The monoisotopic (exact) mass is 423 g/mol. The molecule has 0 aliphatic rings. The second-order valence-electron chi connectivity index (χ2n) is 5.63. The third kappa shape index (κ3) is 6.11. The van der Waals surface area contributed by atoms with E-state index in [2.05, 4.69) is 9.84 Å². The highest BCUT2D eigenvalue weighted by Gasteiger charge is 2.17. The Bertz CT molecular complexity index is 892. The minimum atomic E-state index is -2.99. The van der Waals surface area contributed by atoms with Crippen LogP contribution in [0.25, 0.3) is 0 Å². The van der Waals surface area contributed by atoms with Crippen molar-refractivity contribution in [2.75, 3.05) is 18.1 Å². The first-order valence-corrected chi connectivity index (χ1v) is 8.85. The molecular weight excluding hydrogens is 404 g/mol. The first kappa shape index (κ1) is 22.0. The number of carboxylic acids is 1. The average Bonchev–Trinajstić information content (AvgIpc) is 2.68. The lowest BCUT2D eigenvalue weighted by Gasteiger charge is -2.26. The highest BCUT2D eigenvalue weighted by molar-refractivity contribution is 7.82. The fraction of sp³-hybridized carbons (Fsp3) is 0.211. The predicted octanol–water partition coefficient (Wildman–Crippen LogP) is 3.84. The number of hydrogen-bond donors (Lipinski definition) is 2. The maximum absolute atomic E-state index is 12.6. The number of carboxylic acid groups (broad SMARTS) is 1. The van der Waals surface area contributed by atoms with Crippen molar-refractivity contribution in [3.63, 3.8) is 0 Å². The first-order valence-electron chi connectivity index (χ1n) is 8.44. The third-order valence-corrected chi connectivity index (χ3v) is 3.95. The SMILES string of the molecule is CCOc1cc(N(CC(=S)C=NN)c2ccc(C(=O)O)cc2)ccc1OC(F)F. The van der Waals surface area contributed by atoms with E-state index in [1.165, 1.54) is 30.5 Å². The van der Waals surface area contributed by atoms with E-state index in [9.17, 15) is 13.6 Å². The maximum Gasteiger partial charge on any atom is 0.387 e. The van der Waals surface area contributed by atoms with Crippen LogP contribution in [0, 0.1) is 0 Å². The van der Waals surface area contributed by atoms with E-state index in [0.29, 0.717) is 16.2 Å². The van der Waals surface area contributed by atoms with E-state index in [1.54, 1.807) is 30.0 Å². The van der Waals surface area contributed by atoms with E-state index < -0.39 is 12.6 Å². The molecule has 0 bridgehead atoms. The van der Waals surface area contributed by atoms with Gasteiger partial charge in [-0.3, -0.25) is 0 Å². The largest absolute Gasteiger partial charge is 0.490 e. The molecule has 0 radical (unpaired) electrons. The summed E-state index contributed by atoms with van der Waals surface area (Å²) in [7, 11) is 0. The van der Waals surface area contributed by atoms with Crippen molar-refractivity contribution in [1.82, 2.24) is 0 Å². The molecule has 0 aliphatic carbocycles. The molecule has 10 heteroatoms. The number of hydrazone groups is 1. The summed E-state index contributed by atoms with van der Waals surface area (Å²) in [6, 6.07) is 10.6. The van der Waals surface area contributed by atoms with Gasteiger partial charge in [0.25, 0.3) is 0 Å². The van der Waals surface area contributed by atoms with Crippen LogP contribution in [0.15, 0.2) is 47.6 Å². The van der Waals surface area contributed by atoms with Crippen molar-refractivity contribution in [2.24, 2.45) is 10.9 Å². The molecule has 0 saturated carbocycles. The Kier molecular flexibility index (Phi) is 7.84. The minimum absolute atomic E-state index is 0.0992. The molecule has 0 spiro atoms. The molecule has 0 amide bonds. The van der Waals surface area contributed by atoms with Crippen molar-refractivity contribution in [2.45, 2.75) is 13.5 Å². The molecule has 2 rings (SSSR count). The number of halogens is 2. The molecule has 3 N–H and O–H groups in total. The standard InChI is InChI=1S/C19H19F2N3O4S/c1-2-27-17-9-14(7-8-16(17)28-19(20)21)24(11-15(29)10-23-22)13-5-3-12(4-6-13)18(25)26/h3-10,19H,2,11,22H2,1H3,(H,25,26). The average molecular weight is 423 g/mol. The van der Waals surface area contributed by atoms with E-state index in [-0.39, 0.29) is 30.2 Å². The summed E-state index contributed by atoms with van der Waals surface area (Å²) in [5.41, 5.74) is 1.30. The van der Waals surface area contributed by atoms with Gasteiger partial charge >= 0.3 is 12.6 Å². The maximum atomic E-state index is 12.6. The van der Waals surface area contributed by atoms with Gasteiger partial charge in [-0.05, 0) is 43.3 Å². The van der Waals surface area contributed by atoms with Gasteiger partial charge in [0.1, 0.15) is 0 Å². The van der Waals surface area contributed by atoms with E-state index in [0.717, 1.165) is 0 Å². The summed E-state index contributed by atoms with van der Waals surface area (Å²) >= 11 is 5.24. The normalized spacial score (nSPS) is 10.9. The van der Waals surface area contributed by atoms with Crippen LogP contribution in [-0.2, 0) is 0 Å². The smallest absolute Gasteiger partial charge is 0.387 e. The Balaban J connectivity index is 2.48. The number of aromatic carboxylic acids is 1. The van der Waals surface area contributed by atoms with Crippen LogP contribution >= 0.6 is 12.2 Å². The summed E-state index contributed by atoms with van der Waals surface area (Å²) in [5, 5.41) is 12.5. The Morgan fingerprint density at radius 1 is 1.24 bits per heavy atom. The number of thiocarbonyl (C=S) groups is 1. The van der Waals surface area contributed by atoms with Gasteiger partial charge in [-0.1, -0.05) is 12.2 Å². The molecule has 0 unspecified atom stereocenters. The number of anilines is 2. The van der Waals surface area contributed by atoms with Crippen LogP contribution in [0.2, 0.25) is 0 Å². The van der Waals surface area contributed by atoms with Crippen LogP contribution < -0.4 is 20.2 Å². The zero-order chi connectivity index (χ0) is 21.4. The molecule has 0 aromatic heterocycles. The van der Waals surface area contributed by atoms with E-state index in [1.807, 2.05) is 0 Å². The lowest BCUT2D eigenvalue weighted by atomic mass is 10.1. The van der Waals surface area contributed by atoms with Gasteiger partial charge in [0.05, 0.1) is 29.8 Å². The van der Waals surface area contributed by atoms with Gasteiger partial charge in [0.15, 0.2) is 11.5 Å². The number of nitrogens with zero attached hydrogens (tertiary/aromatic N) is 2. The minimum Gasteiger partial charge on any atom is -0.490 e. The Hall–Kier alpha value is -3.27. The Morgan fingerprint density at radius 2 is 1.90 bits per heavy atom. The second kappa shape index (κ2) is 10.3. The number of rotatable bonds is 10. The molecule has 2 aromatic rings. The summed E-state index contributed by atoms with van der Waals surface area (Å²) in [6.45, 7) is -0.848. The van der Waals surface area contributed by atoms with Crippen molar-refractivity contribution in [1.29, 1.82) is 0 Å². The molecule has 0 heterocycles. The van der Waals surface area contributed by atoms with E-state index in [4.69, 9.17) is 27.9 Å². The highest BCUT2D eigenvalue weighted by atomic mass is 32.1. The summed E-state index contributed by atoms with van der Waals surface area (Å²) in [5.74, 6) is 4.14. The van der Waals surface area contributed by atoms with Gasteiger partial charge in [0.2, 0.25) is 0 Å². The molecule has 0 atom stereocenters. The fourth-order valence-electron chi connectivity index (χ4n) is 2.52. The van der Waals surface area contributed by atoms with E-state index >= 15 is 0 Å². The van der Waals surface area contributed by atoms with Crippen molar-refractivity contribution >= 4 is 40.6 Å². The van der Waals surface area contributed by atoms with Gasteiger partial charge < -0.3 is 25.3 Å². The molecule has 29 heavy (non-hydrogen) atoms. The van der Waals surface area contributed by atoms with Gasteiger partial charge in [-0.25, -0.2) is 4.79 Å². The van der Waals surface area contributed by atoms with Crippen LogP contribution in [0.1, 0.15) is 17.3 Å². The molecule has 0 saturated heterocycles. The number of hydrogen-bond acceptors (Lipinski definition) is 7. The lowest BCUT2D eigenvalue weighted by molar-refractivity contribution is -0.0514. The van der Waals surface area contributed by atoms with Gasteiger partial charge in [-0.15, -0.1) is 0 Å². The zero-order valence-electron chi connectivity index (χ0n) is 15.4. The van der Waals surface area contributed by atoms with Gasteiger partial charge in [0, 0.05) is 17.4 Å². The van der Waals surface area contributed by atoms with Crippen LogP contribution in [-0.4, -0.2) is 41.9 Å². The molecular formula is C19H19F2N3O4S. The van der Waals surface area contributed by atoms with Crippen molar-refractivity contribution < 1.29 is 28.2 Å². The molecule has 2 aromatic carbocycles. The topological polar surface area (TPSA) is 97.4 Å².